The molecule has 0 bridgehead atoms. The standard InChI is InChI=1S/C11H16N2O/c1-9-8-12-11(14-13(9)2)10-6-4-3-5-7-10/h3-7,9,11-12H,8H2,1-2H3/t9-,11-/m0/s1. The van der Waals surface area contributed by atoms with Crippen LogP contribution in [0.4, 0.5) is 0 Å². The summed E-state index contributed by atoms with van der Waals surface area (Å²) < 4.78 is 0. The lowest BCUT2D eigenvalue weighted by molar-refractivity contribution is -0.238. The largest absolute Gasteiger partial charge is 0.285 e. The highest BCUT2D eigenvalue weighted by atomic mass is 16.7. The van der Waals surface area contributed by atoms with Gasteiger partial charge >= 0.3 is 0 Å². The van der Waals surface area contributed by atoms with Crippen LogP contribution in [0.2, 0.25) is 0 Å². The average Bonchev–Trinajstić information content (AvgIpc) is 2.23. The highest BCUT2D eigenvalue weighted by Crippen LogP contribution is 2.19. The van der Waals surface area contributed by atoms with Crippen molar-refractivity contribution in [2.45, 2.75) is 19.2 Å². The van der Waals surface area contributed by atoms with Crippen molar-refractivity contribution in [2.24, 2.45) is 0 Å². The van der Waals surface area contributed by atoms with Crippen molar-refractivity contribution in [3.63, 3.8) is 0 Å². The van der Waals surface area contributed by atoms with Gasteiger partial charge in [0, 0.05) is 19.6 Å². The van der Waals surface area contributed by atoms with Gasteiger partial charge in [0.2, 0.25) is 0 Å². The van der Waals surface area contributed by atoms with E-state index in [9.17, 15) is 0 Å². The Morgan fingerprint density at radius 3 is 2.71 bits per heavy atom. The van der Waals surface area contributed by atoms with Crippen molar-refractivity contribution >= 4 is 0 Å². The third-order valence-corrected chi connectivity index (χ3v) is 2.59. The van der Waals surface area contributed by atoms with Crippen LogP contribution in [0.1, 0.15) is 18.7 Å². The van der Waals surface area contributed by atoms with Crippen LogP contribution < -0.4 is 5.32 Å². The van der Waals surface area contributed by atoms with Crippen molar-refractivity contribution in [3.8, 4) is 0 Å². The second kappa shape index (κ2) is 4.09. The minimum absolute atomic E-state index is 0.00241. The van der Waals surface area contributed by atoms with Gasteiger partial charge < -0.3 is 0 Å². The van der Waals surface area contributed by atoms with Gasteiger partial charge in [-0.2, -0.15) is 5.06 Å². The van der Waals surface area contributed by atoms with Gasteiger partial charge in [-0.15, -0.1) is 0 Å². The molecule has 1 aromatic rings. The van der Waals surface area contributed by atoms with E-state index in [1.54, 1.807) is 0 Å². The monoisotopic (exact) mass is 192 g/mol. The summed E-state index contributed by atoms with van der Waals surface area (Å²) in [7, 11) is 1.97. The van der Waals surface area contributed by atoms with E-state index in [1.807, 2.05) is 30.3 Å². The fourth-order valence-electron chi connectivity index (χ4n) is 1.52. The molecular formula is C11H16N2O. The van der Waals surface area contributed by atoms with Gasteiger partial charge in [-0.3, -0.25) is 10.2 Å². The Bertz CT molecular complexity index is 289. The van der Waals surface area contributed by atoms with Crippen LogP contribution in [0.5, 0.6) is 0 Å². The van der Waals surface area contributed by atoms with E-state index < -0.39 is 0 Å². The van der Waals surface area contributed by atoms with Crippen LogP contribution >= 0.6 is 0 Å². The highest BCUT2D eigenvalue weighted by Gasteiger charge is 2.23. The molecular weight excluding hydrogens is 176 g/mol. The van der Waals surface area contributed by atoms with Crippen LogP contribution in [-0.4, -0.2) is 24.7 Å². The quantitative estimate of drug-likeness (QED) is 0.730. The van der Waals surface area contributed by atoms with Gasteiger partial charge in [0.15, 0.2) is 6.23 Å². The molecule has 0 unspecified atom stereocenters. The van der Waals surface area contributed by atoms with Gasteiger partial charge in [-0.05, 0) is 12.5 Å². The molecule has 0 spiro atoms. The molecule has 76 valence electrons. The molecule has 1 fully saturated rings. The van der Waals surface area contributed by atoms with Crippen molar-refractivity contribution in [1.29, 1.82) is 0 Å². The second-order valence-electron chi connectivity index (χ2n) is 3.70. The minimum atomic E-state index is -0.00241. The molecule has 1 saturated heterocycles. The number of hydrogen-bond acceptors (Lipinski definition) is 3. The maximum Gasteiger partial charge on any atom is 0.155 e. The Morgan fingerprint density at radius 1 is 1.36 bits per heavy atom. The summed E-state index contributed by atoms with van der Waals surface area (Å²) in [6, 6.07) is 10.6. The Labute approximate surface area is 84.6 Å². The molecule has 0 saturated carbocycles. The van der Waals surface area contributed by atoms with Crippen LogP contribution in [0.3, 0.4) is 0 Å². The molecule has 0 aliphatic carbocycles. The summed E-state index contributed by atoms with van der Waals surface area (Å²) in [5.74, 6) is 0. The number of nitrogens with one attached hydrogen (secondary N) is 1. The molecule has 1 heterocycles. The fourth-order valence-corrected chi connectivity index (χ4v) is 1.52. The maximum absolute atomic E-state index is 5.71. The van der Waals surface area contributed by atoms with Gasteiger partial charge in [-0.25, -0.2) is 0 Å². The molecule has 1 aromatic carbocycles. The van der Waals surface area contributed by atoms with Gasteiger partial charge in [0.05, 0.1) is 0 Å². The molecule has 1 aliphatic heterocycles. The molecule has 1 N–H and O–H groups in total. The van der Waals surface area contributed by atoms with Crippen LogP contribution in [0.15, 0.2) is 30.3 Å². The predicted molar refractivity (Wildman–Crippen MR) is 55.5 cm³/mol. The molecule has 1 aliphatic rings. The number of benzene rings is 1. The third-order valence-electron chi connectivity index (χ3n) is 2.59. The lowest BCUT2D eigenvalue weighted by Crippen LogP contribution is -2.47. The Hall–Kier alpha value is -0.900. The predicted octanol–water partition coefficient (Wildman–Crippen LogP) is 1.54. The number of likely N-dealkylation sites (N-methyl/N-ethyl adjacent to an activating group) is 1. The first kappa shape index (κ1) is 9.65. The van der Waals surface area contributed by atoms with Crippen LogP contribution in [-0.2, 0) is 4.84 Å². The van der Waals surface area contributed by atoms with E-state index in [2.05, 4.69) is 24.4 Å². The van der Waals surface area contributed by atoms with E-state index >= 15 is 0 Å². The zero-order valence-corrected chi connectivity index (χ0v) is 8.60. The molecule has 0 radical (unpaired) electrons. The summed E-state index contributed by atoms with van der Waals surface area (Å²) in [6.07, 6.45) is -0.00241. The van der Waals surface area contributed by atoms with Crippen molar-refractivity contribution in [2.75, 3.05) is 13.6 Å². The summed E-state index contributed by atoms with van der Waals surface area (Å²) in [5.41, 5.74) is 1.17. The average molecular weight is 192 g/mol. The topological polar surface area (TPSA) is 24.5 Å². The summed E-state index contributed by atoms with van der Waals surface area (Å²) in [5, 5.41) is 5.26. The zero-order chi connectivity index (χ0) is 9.97. The van der Waals surface area contributed by atoms with Crippen LogP contribution in [0.25, 0.3) is 0 Å². The number of rotatable bonds is 1. The van der Waals surface area contributed by atoms with Crippen molar-refractivity contribution in [1.82, 2.24) is 10.4 Å². The minimum Gasteiger partial charge on any atom is -0.285 e. The first-order valence-electron chi connectivity index (χ1n) is 4.95. The Kier molecular flexibility index (Phi) is 2.82. The van der Waals surface area contributed by atoms with Crippen molar-refractivity contribution in [3.05, 3.63) is 35.9 Å². The first-order chi connectivity index (χ1) is 6.77. The van der Waals surface area contributed by atoms with E-state index in [0.29, 0.717) is 6.04 Å². The normalized spacial score (nSPS) is 29.0. The second-order valence-corrected chi connectivity index (χ2v) is 3.70. The lowest BCUT2D eigenvalue weighted by Gasteiger charge is -2.35. The zero-order valence-electron chi connectivity index (χ0n) is 8.60. The van der Waals surface area contributed by atoms with E-state index in [-0.39, 0.29) is 6.23 Å². The number of hydrogen-bond donors (Lipinski definition) is 1. The molecule has 14 heavy (non-hydrogen) atoms. The first-order valence-corrected chi connectivity index (χ1v) is 4.95. The highest BCUT2D eigenvalue weighted by molar-refractivity contribution is 5.17. The van der Waals surface area contributed by atoms with E-state index in [4.69, 9.17) is 4.84 Å². The van der Waals surface area contributed by atoms with Gasteiger partial charge in [0.1, 0.15) is 0 Å². The third kappa shape index (κ3) is 1.95. The summed E-state index contributed by atoms with van der Waals surface area (Å²) in [4.78, 5) is 5.71. The Morgan fingerprint density at radius 2 is 2.07 bits per heavy atom. The van der Waals surface area contributed by atoms with Crippen LogP contribution in [0, 0.1) is 0 Å². The molecule has 2 rings (SSSR count). The lowest BCUT2D eigenvalue weighted by atomic mass is 10.2. The van der Waals surface area contributed by atoms with Crippen molar-refractivity contribution < 1.29 is 4.84 Å². The molecule has 0 amide bonds. The SMILES string of the molecule is C[C@H]1CN[C@H](c2ccccc2)ON1C. The molecule has 3 nitrogen and oxygen atoms in total. The molecule has 2 atom stereocenters. The van der Waals surface area contributed by atoms with Gasteiger partial charge in [0.25, 0.3) is 0 Å². The fraction of sp³-hybridized carbons (Fsp3) is 0.455. The number of hydroxylamine groups is 2. The maximum atomic E-state index is 5.71. The van der Waals surface area contributed by atoms with Gasteiger partial charge in [-0.1, -0.05) is 30.3 Å². The number of nitrogens with zero attached hydrogens (tertiary/aromatic N) is 1. The molecule has 3 heteroatoms. The van der Waals surface area contributed by atoms with E-state index in [0.717, 1.165) is 6.54 Å². The molecule has 0 aromatic heterocycles. The van der Waals surface area contributed by atoms with E-state index in [1.165, 1.54) is 5.56 Å². The summed E-state index contributed by atoms with van der Waals surface area (Å²) in [6.45, 7) is 3.09. The smallest absolute Gasteiger partial charge is 0.155 e. The summed E-state index contributed by atoms with van der Waals surface area (Å²) >= 11 is 0. The Balaban J connectivity index is 2.07.